The van der Waals surface area contributed by atoms with E-state index in [0.717, 1.165) is 43.4 Å². The van der Waals surface area contributed by atoms with Gasteiger partial charge >= 0.3 is 0 Å². The third kappa shape index (κ3) is 3.75. The fourth-order valence-corrected chi connectivity index (χ4v) is 4.98. The molecule has 0 aromatic heterocycles. The fourth-order valence-electron chi connectivity index (χ4n) is 4.20. The first-order valence-corrected chi connectivity index (χ1v) is 10.7. The van der Waals surface area contributed by atoms with Crippen LogP contribution in [-0.2, 0) is 9.53 Å². The first kappa shape index (κ1) is 19.3. The van der Waals surface area contributed by atoms with Gasteiger partial charge in [0.25, 0.3) is 11.1 Å². The average molecular weight is 404 g/mol. The van der Waals surface area contributed by atoms with E-state index in [2.05, 4.69) is 4.90 Å². The largest absolute Gasteiger partial charge is 0.381 e. The Morgan fingerprint density at radius 2 is 1.79 bits per heavy atom. The van der Waals surface area contributed by atoms with Crippen molar-refractivity contribution in [2.45, 2.75) is 31.4 Å². The first-order chi connectivity index (χ1) is 13.6. The second-order valence-electron chi connectivity index (χ2n) is 7.48. The summed E-state index contributed by atoms with van der Waals surface area (Å²) in [6, 6.07) is 7.54. The summed E-state index contributed by atoms with van der Waals surface area (Å²) in [5, 5.41) is -0.189. The van der Waals surface area contributed by atoms with E-state index in [1.54, 1.807) is 12.0 Å². The molecule has 1 aromatic carbocycles. The third-order valence-electron chi connectivity index (χ3n) is 5.85. The van der Waals surface area contributed by atoms with Gasteiger partial charge in [0.15, 0.2) is 0 Å². The number of amides is 3. The molecule has 3 saturated heterocycles. The minimum atomic E-state index is -0.194. The molecule has 3 aliphatic heterocycles. The van der Waals surface area contributed by atoms with Crippen molar-refractivity contribution >= 4 is 34.5 Å². The Morgan fingerprint density at radius 3 is 2.39 bits per heavy atom. The predicted molar refractivity (Wildman–Crippen MR) is 108 cm³/mol. The highest BCUT2D eigenvalue weighted by Gasteiger charge is 2.40. The van der Waals surface area contributed by atoms with Crippen LogP contribution < -0.4 is 4.90 Å². The van der Waals surface area contributed by atoms with Gasteiger partial charge in [-0.2, -0.15) is 0 Å². The number of anilines is 1. The van der Waals surface area contributed by atoms with Gasteiger partial charge < -0.3 is 14.5 Å². The number of likely N-dealkylation sites (tertiary alicyclic amines) is 1. The van der Waals surface area contributed by atoms with Gasteiger partial charge in [-0.15, -0.1) is 0 Å². The Morgan fingerprint density at radius 1 is 1.07 bits per heavy atom. The van der Waals surface area contributed by atoms with Crippen molar-refractivity contribution in [2.75, 3.05) is 43.9 Å². The molecular weight excluding hydrogens is 378 g/mol. The topological polar surface area (TPSA) is 70.2 Å². The van der Waals surface area contributed by atoms with E-state index >= 15 is 0 Å². The molecular formula is C20H25N3O4S. The molecule has 0 bridgehead atoms. The van der Waals surface area contributed by atoms with Crippen LogP contribution in [0, 0.1) is 0 Å². The van der Waals surface area contributed by atoms with Crippen molar-refractivity contribution in [3.63, 3.8) is 0 Å². The molecule has 3 heterocycles. The standard InChI is InChI=1S/C20H25N3O4S/c1-27-17-7-10-21(11-8-17)15-4-2-14(3-5-15)19(25)22-9-6-16(12-22)23-18(24)13-28-20(23)26/h2-5,16-17H,6-13H2,1H3. The highest BCUT2D eigenvalue weighted by molar-refractivity contribution is 8.14. The van der Waals surface area contributed by atoms with Gasteiger partial charge in [0.1, 0.15) is 0 Å². The van der Waals surface area contributed by atoms with E-state index in [1.165, 1.54) is 4.90 Å². The van der Waals surface area contributed by atoms with E-state index in [-0.39, 0.29) is 28.8 Å². The van der Waals surface area contributed by atoms with Crippen LogP contribution in [-0.4, -0.2) is 78.0 Å². The van der Waals surface area contributed by atoms with Crippen LogP contribution >= 0.6 is 11.8 Å². The van der Waals surface area contributed by atoms with Gasteiger partial charge in [-0.1, -0.05) is 11.8 Å². The van der Waals surface area contributed by atoms with Crippen LogP contribution in [0.1, 0.15) is 29.6 Å². The number of carbonyl (C=O) groups is 3. The summed E-state index contributed by atoms with van der Waals surface area (Å²) < 4.78 is 5.42. The normalized spacial score (nSPS) is 23.8. The summed E-state index contributed by atoms with van der Waals surface area (Å²) in [4.78, 5) is 42.1. The number of benzene rings is 1. The monoisotopic (exact) mass is 403 g/mol. The van der Waals surface area contributed by atoms with Crippen molar-refractivity contribution in [3.8, 4) is 0 Å². The minimum absolute atomic E-state index is 0.0427. The second kappa shape index (κ2) is 8.13. The maximum absolute atomic E-state index is 12.8. The molecule has 1 atom stereocenters. The van der Waals surface area contributed by atoms with Crippen LogP contribution in [0.4, 0.5) is 10.5 Å². The molecule has 28 heavy (non-hydrogen) atoms. The van der Waals surface area contributed by atoms with Crippen LogP contribution in [0.2, 0.25) is 0 Å². The van der Waals surface area contributed by atoms with Crippen molar-refractivity contribution in [2.24, 2.45) is 0 Å². The van der Waals surface area contributed by atoms with Crippen LogP contribution in [0.3, 0.4) is 0 Å². The number of piperidine rings is 1. The van der Waals surface area contributed by atoms with Gasteiger partial charge in [-0.3, -0.25) is 19.3 Å². The molecule has 0 saturated carbocycles. The van der Waals surface area contributed by atoms with E-state index in [1.807, 2.05) is 24.3 Å². The summed E-state index contributed by atoms with van der Waals surface area (Å²) in [6.45, 7) is 2.89. The lowest BCUT2D eigenvalue weighted by Crippen LogP contribution is -2.41. The maximum Gasteiger partial charge on any atom is 0.289 e. The second-order valence-corrected chi connectivity index (χ2v) is 8.41. The molecule has 1 aromatic rings. The molecule has 1 unspecified atom stereocenters. The number of hydrogen-bond acceptors (Lipinski definition) is 6. The Hall–Kier alpha value is -2.06. The first-order valence-electron chi connectivity index (χ1n) is 9.72. The molecule has 0 radical (unpaired) electrons. The number of thioether (sulfide) groups is 1. The maximum atomic E-state index is 12.8. The van der Waals surface area contributed by atoms with E-state index in [4.69, 9.17) is 4.74 Å². The number of carbonyl (C=O) groups excluding carboxylic acids is 3. The SMILES string of the molecule is COC1CCN(c2ccc(C(=O)N3CCC(N4C(=O)CSC4=O)C3)cc2)CC1. The lowest BCUT2D eigenvalue weighted by atomic mass is 10.1. The quantitative estimate of drug-likeness (QED) is 0.768. The minimum Gasteiger partial charge on any atom is -0.381 e. The smallest absolute Gasteiger partial charge is 0.289 e. The third-order valence-corrected chi connectivity index (χ3v) is 6.69. The molecule has 4 rings (SSSR count). The summed E-state index contributed by atoms with van der Waals surface area (Å²) >= 11 is 1.04. The molecule has 0 spiro atoms. The van der Waals surface area contributed by atoms with E-state index in [9.17, 15) is 14.4 Å². The number of rotatable bonds is 4. The number of nitrogens with zero attached hydrogens (tertiary/aromatic N) is 3. The molecule has 3 fully saturated rings. The molecule has 3 amide bonds. The van der Waals surface area contributed by atoms with Gasteiger partial charge in [-0.25, -0.2) is 0 Å². The van der Waals surface area contributed by atoms with Gasteiger partial charge in [0.2, 0.25) is 5.91 Å². The Labute approximate surface area is 169 Å². The summed E-state index contributed by atoms with van der Waals surface area (Å²) in [5.41, 5.74) is 1.76. The van der Waals surface area contributed by atoms with E-state index < -0.39 is 0 Å². The van der Waals surface area contributed by atoms with Crippen LogP contribution in [0.5, 0.6) is 0 Å². The fraction of sp³-hybridized carbons (Fsp3) is 0.550. The lowest BCUT2D eigenvalue weighted by molar-refractivity contribution is -0.126. The molecule has 0 aliphatic carbocycles. The predicted octanol–water partition coefficient (Wildman–Crippen LogP) is 2.21. The highest BCUT2D eigenvalue weighted by atomic mass is 32.2. The molecule has 150 valence electrons. The zero-order valence-electron chi connectivity index (χ0n) is 16.0. The summed E-state index contributed by atoms with van der Waals surface area (Å²) in [5.74, 6) is 0.0293. The van der Waals surface area contributed by atoms with Gasteiger partial charge in [-0.05, 0) is 43.5 Å². The lowest BCUT2D eigenvalue weighted by Gasteiger charge is -2.33. The molecule has 7 nitrogen and oxygen atoms in total. The Bertz CT molecular complexity index is 745. The van der Waals surface area contributed by atoms with Crippen molar-refractivity contribution in [1.82, 2.24) is 9.80 Å². The highest BCUT2D eigenvalue weighted by Crippen LogP contribution is 2.27. The zero-order valence-corrected chi connectivity index (χ0v) is 16.8. The number of hydrogen-bond donors (Lipinski definition) is 0. The zero-order chi connectivity index (χ0) is 19.7. The number of imide groups is 1. The number of ether oxygens (including phenoxy) is 1. The molecule has 3 aliphatic rings. The molecule has 8 heteroatoms. The average Bonchev–Trinajstić information content (AvgIpc) is 3.34. The summed E-state index contributed by atoms with van der Waals surface area (Å²) in [7, 11) is 1.76. The van der Waals surface area contributed by atoms with Crippen molar-refractivity contribution < 1.29 is 19.1 Å². The van der Waals surface area contributed by atoms with Crippen LogP contribution in [0.15, 0.2) is 24.3 Å². The Balaban J connectivity index is 1.36. The van der Waals surface area contributed by atoms with Gasteiger partial charge in [0.05, 0.1) is 17.9 Å². The molecule has 0 N–H and O–H groups in total. The van der Waals surface area contributed by atoms with Crippen molar-refractivity contribution in [3.05, 3.63) is 29.8 Å². The van der Waals surface area contributed by atoms with Crippen molar-refractivity contribution in [1.29, 1.82) is 0 Å². The Kier molecular flexibility index (Phi) is 5.59. The van der Waals surface area contributed by atoms with E-state index in [0.29, 0.717) is 31.2 Å². The van der Waals surface area contributed by atoms with Crippen LogP contribution in [0.25, 0.3) is 0 Å². The van der Waals surface area contributed by atoms with Gasteiger partial charge in [0, 0.05) is 44.5 Å². The number of methoxy groups -OCH3 is 1. The summed E-state index contributed by atoms with van der Waals surface area (Å²) in [6.07, 6.45) is 3.01.